The number of nitrogens with one attached hydrogen (secondary N) is 1. The van der Waals surface area contributed by atoms with E-state index in [4.69, 9.17) is 0 Å². The van der Waals surface area contributed by atoms with Crippen LogP contribution in [-0.4, -0.2) is 22.8 Å². The number of amides is 1. The van der Waals surface area contributed by atoms with E-state index in [1.54, 1.807) is 16.8 Å². The SMILES string of the molecule is O=C1CCNC(=O)c2c1ccn2-c1ccccc1. The van der Waals surface area contributed by atoms with Crippen LogP contribution in [0.4, 0.5) is 0 Å². The number of benzene rings is 1. The van der Waals surface area contributed by atoms with E-state index in [1.165, 1.54) is 0 Å². The lowest BCUT2D eigenvalue weighted by molar-refractivity contribution is 0.0949. The van der Waals surface area contributed by atoms with Crippen LogP contribution in [0.3, 0.4) is 0 Å². The van der Waals surface area contributed by atoms with Gasteiger partial charge >= 0.3 is 0 Å². The molecule has 3 rings (SSSR count). The Labute approximate surface area is 104 Å². The summed E-state index contributed by atoms with van der Waals surface area (Å²) in [5, 5.41) is 2.75. The van der Waals surface area contributed by atoms with Crippen molar-refractivity contribution < 1.29 is 9.59 Å². The summed E-state index contributed by atoms with van der Waals surface area (Å²) in [6.07, 6.45) is 2.13. The van der Waals surface area contributed by atoms with E-state index in [9.17, 15) is 9.59 Å². The Balaban J connectivity index is 2.19. The average molecular weight is 240 g/mol. The zero-order valence-corrected chi connectivity index (χ0v) is 9.72. The second-order valence-electron chi connectivity index (χ2n) is 4.21. The summed E-state index contributed by atoms with van der Waals surface area (Å²) in [6, 6.07) is 11.2. The average Bonchev–Trinajstić information content (AvgIpc) is 2.78. The molecule has 0 fully saturated rings. The third-order valence-corrected chi connectivity index (χ3v) is 3.07. The molecule has 0 unspecified atom stereocenters. The Bertz CT molecular complexity index is 614. The van der Waals surface area contributed by atoms with Crippen molar-refractivity contribution >= 4 is 11.7 Å². The first-order valence-electron chi connectivity index (χ1n) is 5.85. The molecular formula is C14H12N2O2. The highest BCUT2D eigenvalue weighted by Gasteiger charge is 2.25. The van der Waals surface area contributed by atoms with E-state index in [-0.39, 0.29) is 11.7 Å². The summed E-state index contributed by atoms with van der Waals surface area (Å²) in [7, 11) is 0. The van der Waals surface area contributed by atoms with Gasteiger partial charge in [-0.2, -0.15) is 0 Å². The van der Waals surface area contributed by atoms with Crippen molar-refractivity contribution in [2.45, 2.75) is 6.42 Å². The number of para-hydroxylation sites is 1. The molecule has 1 amide bonds. The molecule has 2 aromatic rings. The van der Waals surface area contributed by atoms with Crippen molar-refractivity contribution in [3.05, 3.63) is 53.9 Å². The Morgan fingerprint density at radius 1 is 1.06 bits per heavy atom. The van der Waals surface area contributed by atoms with Gasteiger partial charge in [-0.3, -0.25) is 9.59 Å². The number of fused-ring (bicyclic) bond motifs is 1. The summed E-state index contributed by atoms with van der Waals surface area (Å²) in [5.41, 5.74) is 1.82. The fourth-order valence-corrected chi connectivity index (χ4v) is 2.20. The van der Waals surface area contributed by atoms with Gasteiger partial charge in [0.05, 0.1) is 0 Å². The molecule has 1 aromatic carbocycles. The molecule has 0 radical (unpaired) electrons. The van der Waals surface area contributed by atoms with Crippen molar-refractivity contribution in [3.63, 3.8) is 0 Å². The molecule has 0 spiro atoms. The standard InChI is InChI=1S/C14H12N2O2/c17-12-6-8-15-14(18)13-11(12)7-9-16(13)10-4-2-1-3-5-10/h1-5,7,9H,6,8H2,(H,15,18). The van der Waals surface area contributed by atoms with Gasteiger partial charge in [0.25, 0.3) is 5.91 Å². The van der Waals surface area contributed by atoms with Crippen LogP contribution in [0.1, 0.15) is 27.3 Å². The molecule has 1 N–H and O–H groups in total. The Hall–Kier alpha value is -2.36. The Morgan fingerprint density at radius 3 is 2.61 bits per heavy atom. The molecular weight excluding hydrogens is 228 g/mol. The summed E-state index contributed by atoms with van der Waals surface area (Å²) in [6.45, 7) is 0.404. The van der Waals surface area contributed by atoms with Gasteiger partial charge in [-0.1, -0.05) is 18.2 Å². The van der Waals surface area contributed by atoms with Crippen molar-refractivity contribution in [1.82, 2.24) is 9.88 Å². The maximum Gasteiger partial charge on any atom is 0.269 e. The normalized spacial score (nSPS) is 14.9. The van der Waals surface area contributed by atoms with Crippen LogP contribution in [0.5, 0.6) is 0 Å². The van der Waals surface area contributed by atoms with Gasteiger partial charge in [0.2, 0.25) is 0 Å². The zero-order valence-electron chi connectivity index (χ0n) is 9.72. The minimum absolute atomic E-state index is 0.0121. The molecule has 1 aliphatic heterocycles. The molecule has 4 nitrogen and oxygen atoms in total. The highest BCUT2D eigenvalue weighted by atomic mass is 16.2. The summed E-state index contributed by atoms with van der Waals surface area (Å²) >= 11 is 0. The first-order chi connectivity index (χ1) is 8.77. The maximum absolute atomic E-state index is 12.0. The van der Waals surface area contributed by atoms with Crippen LogP contribution in [0.2, 0.25) is 0 Å². The highest BCUT2D eigenvalue weighted by molar-refractivity contribution is 6.09. The van der Waals surface area contributed by atoms with E-state index in [1.807, 2.05) is 30.3 Å². The maximum atomic E-state index is 12.0. The first kappa shape index (κ1) is 10.8. The molecule has 0 atom stereocenters. The minimum Gasteiger partial charge on any atom is -0.350 e. The predicted molar refractivity (Wildman–Crippen MR) is 67.0 cm³/mol. The lowest BCUT2D eigenvalue weighted by atomic mass is 10.1. The molecule has 0 aliphatic carbocycles. The van der Waals surface area contributed by atoms with Crippen LogP contribution in [0, 0.1) is 0 Å². The number of hydrogen-bond acceptors (Lipinski definition) is 2. The second kappa shape index (κ2) is 4.14. The van der Waals surface area contributed by atoms with Crippen LogP contribution in [0.25, 0.3) is 5.69 Å². The molecule has 0 saturated heterocycles. The Morgan fingerprint density at radius 2 is 1.83 bits per heavy atom. The van der Waals surface area contributed by atoms with E-state index in [0.29, 0.717) is 24.2 Å². The lowest BCUT2D eigenvalue weighted by Gasteiger charge is -2.08. The topological polar surface area (TPSA) is 51.1 Å². The van der Waals surface area contributed by atoms with Gasteiger partial charge in [-0.25, -0.2) is 0 Å². The molecule has 1 aromatic heterocycles. The summed E-state index contributed by atoms with van der Waals surface area (Å²) < 4.78 is 1.76. The largest absolute Gasteiger partial charge is 0.350 e. The fourth-order valence-electron chi connectivity index (χ4n) is 2.20. The van der Waals surface area contributed by atoms with Gasteiger partial charge in [-0.15, -0.1) is 0 Å². The zero-order chi connectivity index (χ0) is 12.5. The fraction of sp³-hybridized carbons (Fsp3) is 0.143. The number of hydrogen-bond donors (Lipinski definition) is 1. The van der Waals surface area contributed by atoms with Crippen LogP contribution in [0.15, 0.2) is 42.6 Å². The molecule has 18 heavy (non-hydrogen) atoms. The molecule has 4 heteroatoms. The Kier molecular flexibility index (Phi) is 2.48. The number of carbonyl (C=O) groups excluding carboxylic acids is 2. The lowest BCUT2D eigenvalue weighted by Crippen LogP contribution is -2.25. The summed E-state index contributed by atoms with van der Waals surface area (Å²) in [4.78, 5) is 23.9. The third kappa shape index (κ3) is 1.62. The first-order valence-corrected chi connectivity index (χ1v) is 5.85. The molecule has 2 heterocycles. The molecule has 90 valence electrons. The second-order valence-corrected chi connectivity index (χ2v) is 4.21. The van der Waals surface area contributed by atoms with Gasteiger partial charge in [0.1, 0.15) is 5.69 Å². The number of carbonyl (C=O) groups is 2. The predicted octanol–water partition coefficient (Wildman–Crippen LogP) is 1.79. The smallest absolute Gasteiger partial charge is 0.269 e. The number of rotatable bonds is 1. The number of aromatic nitrogens is 1. The molecule has 1 aliphatic rings. The van der Waals surface area contributed by atoms with Gasteiger partial charge in [0, 0.05) is 30.4 Å². The van der Waals surface area contributed by atoms with E-state index in [2.05, 4.69) is 5.32 Å². The van der Waals surface area contributed by atoms with Crippen molar-refractivity contribution in [1.29, 1.82) is 0 Å². The summed E-state index contributed by atoms with van der Waals surface area (Å²) in [5.74, 6) is -0.178. The third-order valence-electron chi connectivity index (χ3n) is 3.07. The van der Waals surface area contributed by atoms with Crippen molar-refractivity contribution in [2.24, 2.45) is 0 Å². The highest BCUT2D eigenvalue weighted by Crippen LogP contribution is 2.20. The molecule has 0 bridgehead atoms. The quantitative estimate of drug-likeness (QED) is 0.826. The monoisotopic (exact) mass is 240 g/mol. The molecule has 0 saturated carbocycles. The van der Waals surface area contributed by atoms with Crippen LogP contribution < -0.4 is 5.32 Å². The number of ketones is 1. The van der Waals surface area contributed by atoms with E-state index < -0.39 is 0 Å². The van der Waals surface area contributed by atoms with Crippen LogP contribution >= 0.6 is 0 Å². The van der Waals surface area contributed by atoms with Gasteiger partial charge in [-0.05, 0) is 18.2 Å². The van der Waals surface area contributed by atoms with Crippen LogP contribution in [-0.2, 0) is 0 Å². The number of nitrogens with zero attached hydrogens (tertiary/aromatic N) is 1. The van der Waals surface area contributed by atoms with E-state index >= 15 is 0 Å². The van der Waals surface area contributed by atoms with Gasteiger partial charge < -0.3 is 9.88 Å². The number of Topliss-reactive ketones (excluding diaryl/α,β-unsaturated/α-hetero) is 1. The van der Waals surface area contributed by atoms with E-state index in [0.717, 1.165) is 5.69 Å². The van der Waals surface area contributed by atoms with Crippen molar-refractivity contribution in [2.75, 3.05) is 6.54 Å². The van der Waals surface area contributed by atoms with Crippen molar-refractivity contribution in [3.8, 4) is 5.69 Å². The van der Waals surface area contributed by atoms with Gasteiger partial charge in [0.15, 0.2) is 5.78 Å². The minimum atomic E-state index is -0.190.